The number of rotatable bonds is 14. The highest BCUT2D eigenvalue weighted by molar-refractivity contribution is 6.20. The summed E-state index contributed by atoms with van der Waals surface area (Å²) in [4.78, 5) is 0. The van der Waals surface area contributed by atoms with Crippen LogP contribution in [0.1, 0.15) is 84.5 Å². The van der Waals surface area contributed by atoms with E-state index in [-0.39, 0.29) is 6.42 Å². The zero-order valence-corrected chi connectivity index (χ0v) is 14.1. The molecule has 0 aliphatic heterocycles. The van der Waals surface area contributed by atoms with E-state index in [2.05, 4.69) is 12.2 Å². The second-order valence-corrected chi connectivity index (χ2v) is 6.17. The highest BCUT2D eigenvalue weighted by Crippen LogP contribution is 2.15. The fourth-order valence-corrected chi connectivity index (χ4v) is 2.45. The van der Waals surface area contributed by atoms with Crippen LogP contribution in [0.3, 0.4) is 0 Å². The van der Waals surface area contributed by atoms with Gasteiger partial charge in [0.1, 0.15) is 5.50 Å². The van der Waals surface area contributed by atoms with Gasteiger partial charge in [-0.25, -0.2) is 0 Å². The molecule has 1 atom stereocenters. The molecule has 4 heteroatoms. The molecule has 3 nitrogen and oxygen atoms in total. The van der Waals surface area contributed by atoms with E-state index in [1.807, 2.05) is 0 Å². The van der Waals surface area contributed by atoms with Crippen LogP contribution in [-0.2, 0) is 0 Å². The van der Waals surface area contributed by atoms with E-state index >= 15 is 0 Å². The Kier molecular flexibility index (Phi) is 13.0. The van der Waals surface area contributed by atoms with Crippen molar-refractivity contribution >= 4 is 11.6 Å². The maximum absolute atomic E-state index is 9.51. The normalized spacial score (nSPS) is 13.7. The molecule has 0 amide bonds. The Morgan fingerprint density at radius 1 is 0.850 bits per heavy atom. The van der Waals surface area contributed by atoms with Crippen molar-refractivity contribution in [2.75, 3.05) is 6.54 Å². The standard InChI is InChI=1S/C16H34ClNO2/c1-3-5-6-7-8-9-10-11-12-13-14-18-15(17)16(19,20)4-2/h15,18-20H,3-14H2,1-2H3. The van der Waals surface area contributed by atoms with Crippen LogP contribution >= 0.6 is 11.6 Å². The van der Waals surface area contributed by atoms with Crippen LogP contribution in [0, 0.1) is 0 Å². The molecule has 0 bridgehead atoms. The van der Waals surface area contributed by atoms with E-state index in [0.29, 0.717) is 0 Å². The van der Waals surface area contributed by atoms with E-state index < -0.39 is 11.3 Å². The fourth-order valence-electron chi connectivity index (χ4n) is 2.18. The fraction of sp³-hybridized carbons (Fsp3) is 1.00. The number of halogens is 1. The second-order valence-electron chi connectivity index (χ2n) is 5.73. The predicted octanol–water partition coefficient (Wildman–Crippen LogP) is 4.15. The number of unbranched alkanes of at least 4 members (excludes halogenated alkanes) is 9. The van der Waals surface area contributed by atoms with Crippen LogP contribution in [-0.4, -0.2) is 28.0 Å². The minimum absolute atomic E-state index is 0.228. The number of alkyl halides is 1. The Morgan fingerprint density at radius 2 is 1.30 bits per heavy atom. The molecule has 0 spiro atoms. The first kappa shape index (κ1) is 20.2. The van der Waals surface area contributed by atoms with Gasteiger partial charge in [-0.15, -0.1) is 0 Å². The van der Waals surface area contributed by atoms with Crippen LogP contribution in [0.4, 0.5) is 0 Å². The average molecular weight is 308 g/mol. The van der Waals surface area contributed by atoms with Crippen molar-refractivity contribution in [3.63, 3.8) is 0 Å². The van der Waals surface area contributed by atoms with Crippen LogP contribution in [0.25, 0.3) is 0 Å². The van der Waals surface area contributed by atoms with Crippen molar-refractivity contribution in [1.29, 1.82) is 0 Å². The third kappa shape index (κ3) is 10.9. The highest BCUT2D eigenvalue weighted by atomic mass is 35.5. The summed E-state index contributed by atoms with van der Waals surface area (Å²) in [5.41, 5.74) is -0.786. The second kappa shape index (κ2) is 12.9. The molecule has 1 unspecified atom stereocenters. The van der Waals surface area contributed by atoms with Crippen molar-refractivity contribution in [2.45, 2.75) is 95.8 Å². The van der Waals surface area contributed by atoms with Gasteiger partial charge >= 0.3 is 0 Å². The predicted molar refractivity (Wildman–Crippen MR) is 86.9 cm³/mol. The van der Waals surface area contributed by atoms with Crippen molar-refractivity contribution in [3.05, 3.63) is 0 Å². The van der Waals surface area contributed by atoms with E-state index in [9.17, 15) is 10.2 Å². The van der Waals surface area contributed by atoms with E-state index in [0.717, 1.165) is 13.0 Å². The monoisotopic (exact) mass is 307 g/mol. The van der Waals surface area contributed by atoms with Crippen LogP contribution in [0.15, 0.2) is 0 Å². The minimum atomic E-state index is -1.81. The largest absolute Gasteiger partial charge is 0.363 e. The smallest absolute Gasteiger partial charge is 0.192 e. The Balaban J connectivity index is 3.25. The molecule has 0 aliphatic rings. The van der Waals surface area contributed by atoms with Gasteiger partial charge in [-0.1, -0.05) is 83.2 Å². The van der Waals surface area contributed by atoms with Gasteiger partial charge in [0.15, 0.2) is 5.79 Å². The summed E-state index contributed by atoms with van der Waals surface area (Å²) in [6.07, 6.45) is 13.2. The molecule has 0 rings (SSSR count). The molecule has 0 fully saturated rings. The maximum Gasteiger partial charge on any atom is 0.192 e. The SMILES string of the molecule is CCCCCCCCCCCCNC(Cl)C(O)(O)CC. The van der Waals surface area contributed by atoms with Gasteiger partial charge in [-0.3, -0.25) is 5.32 Å². The summed E-state index contributed by atoms with van der Waals surface area (Å²) in [6.45, 7) is 4.70. The first-order chi connectivity index (χ1) is 9.54. The van der Waals surface area contributed by atoms with Crippen molar-refractivity contribution in [2.24, 2.45) is 0 Å². The molecule has 0 radical (unpaired) electrons. The quantitative estimate of drug-likeness (QED) is 0.195. The van der Waals surface area contributed by atoms with E-state index in [1.165, 1.54) is 57.8 Å². The molecule has 0 aromatic heterocycles. The maximum atomic E-state index is 9.51. The van der Waals surface area contributed by atoms with Crippen molar-refractivity contribution < 1.29 is 10.2 Å². The molecule has 0 heterocycles. The topological polar surface area (TPSA) is 52.5 Å². The number of aliphatic hydroxyl groups is 2. The van der Waals surface area contributed by atoms with Gasteiger partial charge in [-0.05, 0) is 13.0 Å². The third-order valence-corrected chi connectivity index (χ3v) is 4.28. The summed E-state index contributed by atoms with van der Waals surface area (Å²) < 4.78 is 0. The zero-order chi connectivity index (χ0) is 15.3. The first-order valence-electron chi connectivity index (χ1n) is 8.36. The lowest BCUT2D eigenvalue weighted by molar-refractivity contribution is -0.168. The molecule has 0 aliphatic carbocycles. The Labute approximate surface area is 130 Å². The molecule has 3 N–H and O–H groups in total. The summed E-state index contributed by atoms with van der Waals surface area (Å²) in [5, 5.41) is 22.0. The summed E-state index contributed by atoms with van der Waals surface area (Å²) >= 11 is 5.88. The summed E-state index contributed by atoms with van der Waals surface area (Å²) in [7, 11) is 0. The Hall–Kier alpha value is 0.170. The van der Waals surface area contributed by atoms with Crippen LogP contribution in [0.2, 0.25) is 0 Å². The summed E-state index contributed by atoms with van der Waals surface area (Å²) in [5.74, 6) is -1.81. The lowest BCUT2D eigenvalue weighted by atomic mass is 10.1. The van der Waals surface area contributed by atoms with Gasteiger partial charge in [-0.2, -0.15) is 0 Å². The van der Waals surface area contributed by atoms with Crippen LogP contribution < -0.4 is 5.32 Å². The molecule has 0 aromatic carbocycles. The average Bonchev–Trinajstić information content (AvgIpc) is 2.44. The number of hydrogen-bond donors (Lipinski definition) is 3. The minimum Gasteiger partial charge on any atom is -0.363 e. The van der Waals surface area contributed by atoms with Crippen molar-refractivity contribution in [3.8, 4) is 0 Å². The molecular formula is C16H34ClNO2. The van der Waals surface area contributed by atoms with E-state index in [4.69, 9.17) is 11.6 Å². The van der Waals surface area contributed by atoms with Crippen LogP contribution in [0.5, 0.6) is 0 Å². The molecule has 122 valence electrons. The Morgan fingerprint density at radius 3 is 1.75 bits per heavy atom. The highest BCUT2D eigenvalue weighted by Gasteiger charge is 2.30. The molecule has 20 heavy (non-hydrogen) atoms. The zero-order valence-electron chi connectivity index (χ0n) is 13.3. The lowest BCUT2D eigenvalue weighted by Gasteiger charge is -2.26. The number of hydrogen-bond acceptors (Lipinski definition) is 3. The third-order valence-electron chi connectivity index (χ3n) is 3.78. The number of nitrogens with one attached hydrogen (secondary N) is 1. The van der Waals surface area contributed by atoms with Gasteiger partial charge < -0.3 is 10.2 Å². The Bertz CT molecular complexity index is 213. The van der Waals surface area contributed by atoms with Gasteiger partial charge in [0, 0.05) is 6.42 Å². The molecular weight excluding hydrogens is 274 g/mol. The first-order valence-corrected chi connectivity index (χ1v) is 8.80. The summed E-state index contributed by atoms with van der Waals surface area (Å²) in [6, 6.07) is 0. The van der Waals surface area contributed by atoms with Gasteiger partial charge in [0.2, 0.25) is 0 Å². The van der Waals surface area contributed by atoms with E-state index in [1.54, 1.807) is 6.92 Å². The molecule has 0 saturated heterocycles. The van der Waals surface area contributed by atoms with Crippen molar-refractivity contribution in [1.82, 2.24) is 5.32 Å². The van der Waals surface area contributed by atoms with Gasteiger partial charge in [0.05, 0.1) is 0 Å². The lowest BCUT2D eigenvalue weighted by Crippen LogP contribution is -2.47. The molecule has 0 aromatic rings. The molecule has 0 saturated carbocycles. The van der Waals surface area contributed by atoms with Gasteiger partial charge in [0.25, 0.3) is 0 Å².